The molecule has 0 heterocycles. The molecule has 6 heteroatoms. The minimum absolute atomic E-state index is 0.157. The fourth-order valence-corrected chi connectivity index (χ4v) is 1.41. The van der Waals surface area contributed by atoms with Gasteiger partial charge in [0.05, 0.1) is 6.42 Å². The predicted molar refractivity (Wildman–Crippen MR) is 62.5 cm³/mol. The van der Waals surface area contributed by atoms with Gasteiger partial charge >= 0.3 is 0 Å². The van der Waals surface area contributed by atoms with Gasteiger partial charge < -0.3 is 15.8 Å². The lowest BCUT2D eigenvalue weighted by atomic mass is 10.2. The van der Waals surface area contributed by atoms with Gasteiger partial charge in [-0.05, 0) is 31.2 Å². The summed E-state index contributed by atoms with van der Waals surface area (Å²) >= 11 is 0. The zero-order chi connectivity index (χ0) is 12.8. The zero-order valence-electron chi connectivity index (χ0n) is 9.43. The summed E-state index contributed by atoms with van der Waals surface area (Å²) in [5.74, 6) is -0.835. The van der Waals surface area contributed by atoms with Crippen molar-refractivity contribution in [2.24, 2.45) is 10.9 Å². The molecule has 0 saturated carbocycles. The number of carbonyl (C=O) groups is 1. The van der Waals surface area contributed by atoms with Crippen LogP contribution in [0.2, 0.25) is 0 Å². The molecule has 0 aromatic heterocycles. The molecule has 0 aliphatic heterocycles. The summed E-state index contributed by atoms with van der Waals surface area (Å²) in [5.41, 5.74) is 5.83. The number of anilines is 1. The molecule has 5 nitrogen and oxygen atoms in total. The highest BCUT2D eigenvalue weighted by Gasteiger charge is 2.15. The molecule has 0 bridgehead atoms. The van der Waals surface area contributed by atoms with E-state index in [4.69, 9.17) is 10.9 Å². The van der Waals surface area contributed by atoms with E-state index in [9.17, 15) is 9.18 Å². The zero-order valence-corrected chi connectivity index (χ0v) is 9.43. The molecule has 1 rings (SSSR count). The SMILES string of the molecule is CCN(C(=O)C/C(N)=N/O)c1ccc(F)cc1. The highest BCUT2D eigenvalue weighted by atomic mass is 19.1. The van der Waals surface area contributed by atoms with Crippen LogP contribution in [0.1, 0.15) is 13.3 Å². The van der Waals surface area contributed by atoms with Crippen LogP contribution in [0, 0.1) is 5.82 Å². The Bertz CT molecular complexity index is 417. The largest absolute Gasteiger partial charge is 0.409 e. The highest BCUT2D eigenvalue weighted by molar-refractivity contribution is 6.06. The lowest BCUT2D eigenvalue weighted by Crippen LogP contribution is -2.33. The van der Waals surface area contributed by atoms with Crippen LogP contribution in [-0.4, -0.2) is 23.5 Å². The first-order valence-electron chi connectivity index (χ1n) is 5.10. The van der Waals surface area contributed by atoms with Crippen LogP contribution >= 0.6 is 0 Å². The molecule has 0 atom stereocenters. The Morgan fingerprint density at radius 1 is 1.47 bits per heavy atom. The minimum Gasteiger partial charge on any atom is -0.409 e. The molecule has 92 valence electrons. The van der Waals surface area contributed by atoms with Gasteiger partial charge in [0.2, 0.25) is 5.91 Å². The maximum absolute atomic E-state index is 12.7. The molecule has 1 amide bonds. The van der Waals surface area contributed by atoms with E-state index < -0.39 is 0 Å². The first kappa shape index (κ1) is 13.0. The van der Waals surface area contributed by atoms with Crippen LogP contribution in [0.15, 0.2) is 29.4 Å². The van der Waals surface area contributed by atoms with Crippen LogP contribution < -0.4 is 10.6 Å². The number of benzene rings is 1. The third-order valence-electron chi connectivity index (χ3n) is 2.22. The molecule has 0 aliphatic carbocycles. The Hall–Kier alpha value is -2.11. The number of oxime groups is 1. The second-order valence-electron chi connectivity index (χ2n) is 3.38. The van der Waals surface area contributed by atoms with Crippen LogP contribution in [0.25, 0.3) is 0 Å². The molecule has 0 spiro atoms. The molecule has 0 aliphatic rings. The number of nitrogens with zero attached hydrogens (tertiary/aromatic N) is 2. The summed E-state index contributed by atoms with van der Waals surface area (Å²) in [4.78, 5) is 13.2. The number of carbonyl (C=O) groups excluding carboxylic acids is 1. The first-order chi connectivity index (χ1) is 8.08. The molecule has 0 radical (unpaired) electrons. The Kier molecular flexibility index (Phi) is 4.45. The minimum atomic E-state index is -0.367. The molecule has 17 heavy (non-hydrogen) atoms. The summed E-state index contributed by atoms with van der Waals surface area (Å²) in [6, 6.07) is 5.55. The van der Waals surface area contributed by atoms with Crippen molar-refractivity contribution in [3.8, 4) is 0 Å². The Balaban J connectivity index is 2.84. The number of halogens is 1. The molecule has 1 aromatic carbocycles. The average molecular weight is 239 g/mol. The van der Waals surface area contributed by atoms with Crippen LogP contribution in [0.5, 0.6) is 0 Å². The topological polar surface area (TPSA) is 78.9 Å². The predicted octanol–water partition coefficient (Wildman–Crippen LogP) is 1.32. The second-order valence-corrected chi connectivity index (χ2v) is 3.38. The smallest absolute Gasteiger partial charge is 0.234 e. The maximum atomic E-state index is 12.7. The third kappa shape index (κ3) is 3.44. The van der Waals surface area contributed by atoms with Crippen LogP contribution in [-0.2, 0) is 4.79 Å². The second kappa shape index (κ2) is 5.83. The van der Waals surface area contributed by atoms with Crippen molar-refractivity contribution in [3.05, 3.63) is 30.1 Å². The van der Waals surface area contributed by atoms with Gasteiger partial charge in [-0.3, -0.25) is 4.79 Å². The standard InChI is InChI=1S/C11H14FN3O2/c1-2-15(11(16)7-10(13)14-17)9-5-3-8(12)4-6-9/h3-6,17H,2,7H2,1H3,(H2,13,14). The highest BCUT2D eigenvalue weighted by Crippen LogP contribution is 2.15. The molecular weight excluding hydrogens is 225 g/mol. The third-order valence-corrected chi connectivity index (χ3v) is 2.22. The number of hydrogen-bond donors (Lipinski definition) is 2. The number of rotatable bonds is 4. The summed E-state index contributed by atoms with van der Waals surface area (Å²) < 4.78 is 12.7. The summed E-state index contributed by atoms with van der Waals surface area (Å²) in [6.45, 7) is 2.21. The van der Waals surface area contributed by atoms with Gasteiger partial charge in [-0.1, -0.05) is 5.16 Å². The van der Waals surface area contributed by atoms with E-state index in [1.54, 1.807) is 6.92 Å². The van der Waals surface area contributed by atoms with Crippen molar-refractivity contribution in [2.75, 3.05) is 11.4 Å². The number of hydrogen-bond acceptors (Lipinski definition) is 3. The van der Waals surface area contributed by atoms with Crippen molar-refractivity contribution < 1.29 is 14.4 Å². The van der Waals surface area contributed by atoms with E-state index in [0.29, 0.717) is 12.2 Å². The van der Waals surface area contributed by atoms with Gasteiger partial charge in [0.15, 0.2) is 0 Å². The maximum Gasteiger partial charge on any atom is 0.234 e. The summed E-state index contributed by atoms with van der Waals surface area (Å²) in [7, 11) is 0. The monoisotopic (exact) mass is 239 g/mol. The van der Waals surface area contributed by atoms with E-state index >= 15 is 0 Å². The number of amides is 1. The van der Waals surface area contributed by atoms with Gasteiger partial charge in [-0.2, -0.15) is 0 Å². The van der Waals surface area contributed by atoms with E-state index in [2.05, 4.69) is 5.16 Å². The molecule has 3 N–H and O–H groups in total. The van der Waals surface area contributed by atoms with Gasteiger partial charge in [0, 0.05) is 12.2 Å². The Morgan fingerprint density at radius 2 is 2.06 bits per heavy atom. The lowest BCUT2D eigenvalue weighted by molar-refractivity contribution is -0.117. The quantitative estimate of drug-likeness (QED) is 0.360. The fourth-order valence-electron chi connectivity index (χ4n) is 1.41. The summed E-state index contributed by atoms with van der Waals surface area (Å²) in [5, 5.41) is 11.1. The van der Waals surface area contributed by atoms with Crippen molar-refractivity contribution in [1.29, 1.82) is 0 Å². The van der Waals surface area contributed by atoms with Crippen molar-refractivity contribution in [2.45, 2.75) is 13.3 Å². The van der Waals surface area contributed by atoms with E-state index in [-0.39, 0.29) is 24.0 Å². The molecule has 1 aromatic rings. The van der Waals surface area contributed by atoms with Crippen LogP contribution in [0.4, 0.5) is 10.1 Å². The van der Waals surface area contributed by atoms with E-state index in [1.807, 2.05) is 0 Å². The Morgan fingerprint density at radius 3 is 2.53 bits per heavy atom. The van der Waals surface area contributed by atoms with E-state index in [1.165, 1.54) is 29.2 Å². The van der Waals surface area contributed by atoms with Gasteiger partial charge in [-0.15, -0.1) is 0 Å². The average Bonchev–Trinajstić information content (AvgIpc) is 2.32. The fraction of sp³-hybridized carbons (Fsp3) is 0.273. The summed E-state index contributed by atoms with van der Waals surface area (Å²) in [6.07, 6.45) is -0.179. The number of nitrogens with two attached hydrogens (primary N) is 1. The first-order valence-corrected chi connectivity index (χ1v) is 5.10. The molecular formula is C11H14FN3O2. The normalized spacial score (nSPS) is 11.3. The number of amidine groups is 1. The van der Waals surface area contributed by atoms with Crippen LogP contribution in [0.3, 0.4) is 0 Å². The molecule has 0 fully saturated rings. The molecule has 0 unspecified atom stereocenters. The van der Waals surface area contributed by atoms with Gasteiger partial charge in [0.25, 0.3) is 0 Å². The van der Waals surface area contributed by atoms with Crippen molar-refractivity contribution in [3.63, 3.8) is 0 Å². The Labute approximate surface area is 98.3 Å². The van der Waals surface area contributed by atoms with E-state index in [0.717, 1.165) is 0 Å². The van der Waals surface area contributed by atoms with Gasteiger partial charge in [0.1, 0.15) is 11.7 Å². The van der Waals surface area contributed by atoms with Crippen molar-refractivity contribution in [1.82, 2.24) is 0 Å². The lowest BCUT2D eigenvalue weighted by Gasteiger charge is -2.20. The van der Waals surface area contributed by atoms with Crippen molar-refractivity contribution >= 4 is 17.4 Å². The van der Waals surface area contributed by atoms with Gasteiger partial charge in [-0.25, -0.2) is 4.39 Å². The molecule has 0 saturated heterocycles.